The topological polar surface area (TPSA) is 38.8 Å². The van der Waals surface area contributed by atoms with Crippen LogP contribution < -0.4 is 0 Å². The summed E-state index contributed by atoms with van der Waals surface area (Å²) in [5.74, 6) is -0.0125. The number of hydrogen-bond donors (Lipinski definition) is 0. The van der Waals surface area contributed by atoms with E-state index in [0.717, 1.165) is 19.3 Å². The van der Waals surface area contributed by atoms with E-state index >= 15 is 0 Å². The van der Waals surface area contributed by atoms with E-state index < -0.39 is 6.10 Å². The molecule has 0 bridgehead atoms. The van der Waals surface area contributed by atoms with Crippen LogP contribution in [0.5, 0.6) is 0 Å². The molecule has 1 aliphatic heterocycles. The van der Waals surface area contributed by atoms with Gasteiger partial charge < -0.3 is 14.4 Å². The lowest BCUT2D eigenvalue weighted by Crippen LogP contribution is -2.38. The molecule has 0 aromatic heterocycles. The summed E-state index contributed by atoms with van der Waals surface area (Å²) in [4.78, 5) is 13.2. The number of hydrogen-bond acceptors (Lipinski definition) is 3. The predicted molar refractivity (Wildman–Crippen MR) is 57.4 cm³/mol. The highest BCUT2D eigenvalue weighted by atomic mass is 16.7. The van der Waals surface area contributed by atoms with Crippen LogP contribution in [0.1, 0.15) is 33.1 Å². The molecule has 0 radical (unpaired) electrons. The van der Waals surface area contributed by atoms with E-state index in [-0.39, 0.29) is 18.3 Å². The third-order valence-electron chi connectivity index (χ3n) is 2.57. The van der Waals surface area contributed by atoms with Crippen molar-refractivity contribution in [1.82, 2.24) is 4.90 Å². The number of rotatable bonds is 4. The van der Waals surface area contributed by atoms with Crippen LogP contribution in [0.4, 0.5) is 0 Å². The molecule has 1 amide bonds. The van der Waals surface area contributed by atoms with E-state index in [9.17, 15) is 4.79 Å². The first kappa shape index (κ1) is 12.5. The van der Waals surface area contributed by atoms with Crippen LogP contribution in [0.25, 0.3) is 0 Å². The maximum atomic E-state index is 11.7. The van der Waals surface area contributed by atoms with E-state index in [1.165, 1.54) is 0 Å². The van der Waals surface area contributed by atoms with Gasteiger partial charge in [0.1, 0.15) is 0 Å². The van der Waals surface area contributed by atoms with E-state index in [1.807, 2.05) is 6.92 Å². The lowest BCUT2D eigenvalue weighted by molar-refractivity contribution is -0.142. The average molecular weight is 215 g/mol. The highest BCUT2D eigenvalue weighted by Gasteiger charge is 2.38. The monoisotopic (exact) mass is 215 g/mol. The summed E-state index contributed by atoms with van der Waals surface area (Å²) >= 11 is 0. The quantitative estimate of drug-likeness (QED) is 0.711. The molecule has 1 rings (SSSR count). The van der Waals surface area contributed by atoms with Crippen LogP contribution in [0, 0.1) is 0 Å². The van der Waals surface area contributed by atoms with E-state index in [2.05, 4.69) is 6.92 Å². The maximum Gasteiger partial charge on any atom is 0.254 e. The first-order chi connectivity index (χ1) is 7.06. The van der Waals surface area contributed by atoms with Crippen molar-refractivity contribution < 1.29 is 14.3 Å². The van der Waals surface area contributed by atoms with Crippen molar-refractivity contribution in [2.24, 2.45) is 0 Å². The Bertz CT molecular complexity index is 218. The molecule has 4 nitrogen and oxygen atoms in total. The average Bonchev–Trinajstić information content (AvgIpc) is 2.55. The largest absolute Gasteiger partial charge is 0.346 e. The van der Waals surface area contributed by atoms with Crippen LogP contribution in [0.15, 0.2) is 0 Å². The van der Waals surface area contributed by atoms with E-state index in [0.29, 0.717) is 0 Å². The number of unbranched alkanes of at least 4 members (excludes halogenated alkanes) is 1. The SMILES string of the molecule is CCCCC1O[C@H](C(=O)N(C)C)[C@@H](C)O1. The Morgan fingerprint density at radius 2 is 2.00 bits per heavy atom. The van der Waals surface area contributed by atoms with Gasteiger partial charge >= 0.3 is 0 Å². The zero-order valence-corrected chi connectivity index (χ0v) is 10.0. The van der Waals surface area contributed by atoms with Gasteiger partial charge in [0.15, 0.2) is 12.4 Å². The van der Waals surface area contributed by atoms with Crippen LogP contribution in [0.2, 0.25) is 0 Å². The normalized spacial score (nSPS) is 30.5. The van der Waals surface area contributed by atoms with Crippen LogP contribution in [-0.2, 0) is 14.3 Å². The molecule has 1 saturated heterocycles. The molecule has 1 fully saturated rings. The molecule has 88 valence electrons. The Balaban J connectivity index is 2.45. The number of carbonyl (C=O) groups excluding carboxylic acids is 1. The standard InChI is InChI=1S/C11H21NO3/c1-5-6-7-9-14-8(2)10(15-9)11(13)12(3)4/h8-10H,5-7H2,1-4H3/t8-,9?,10+/m1/s1. The summed E-state index contributed by atoms with van der Waals surface area (Å²) in [6, 6.07) is 0. The van der Waals surface area contributed by atoms with Gasteiger partial charge in [0, 0.05) is 14.1 Å². The van der Waals surface area contributed by atoms with Crippen molar-refractivity contribution in [2.75, 3.05) is 14.1 Å². The Morgan fingerprint density at radius 1 is 1.33 bits per heavy atom. The maximum absolute atomic E-state index is 11.7. The Morgan fingerprint density at radius 3 is 2.53 bits per heavy atom. The van der Waals surface area contributed by atoms with Crippen LogP contribution in [0.3, 0.4) is 0 Å². The molecule has 1 heterocycles. The Labute approximate surface area is 91.5 Å². The van der Waals surface area contributed by atoms with Gasteiger partial charge in [-0.15, -0.1) is 0 Å². The highest BCUT2D eigenvalue weighted by molar-refractivity contribution is 5.81. The van der Waals surface area contributed by atoms with Crippen molar-refractivity contribution in [1.29, 1.82) is 0 Å². The fourth-order valence-corrected chi connectivity index (χ4v) is 1.64. The molecule has 0 N–H and O–H groups in total. The van der Waals surface area contributed by atoms with Crippen LogP contribution >= 0.6 is 0 Å². The predicted octanol–water partition coefficient (Wildman–Crippen LogP) is 1.39. The lowest BCUT2D eigenvalue weighted by Gasteiger charge is -2.17. The van der Waals surface area contributed by atoms with Gasteiger partial charge in [0.25, 0.3) is 5.91 Å². The first-order valence-electron chi connectivity index (χ1n) is 5.58. The number of ether oxygens (including phenoxy) is 2. The number of nitrogens with zero attached hydrogens (tertiary/aromatic N) is 1. The van der Waals surface area contributed by atoms with E-state index in [1.54, 1.807) is 19.0 Å². The Hall–Kier alpha value is -0.610. The van der Waals surface area contributed by atoms with Crippen molar-refractivity contribution in [3.63, 3.8) is 0 Å². The van der Waals surface area contributed by atoms with Gasteiger partial charge in [-0.05, 0) is 19.8 Å². The van der Waals surface area contributed by atoms with Gasteiger partial charge in [-0.3, -0.25) is 4.79 Å². The lowest BCUT2D eigenvalue weighted by atomic mass is 10.2. The molecule has 0 saturated carbocycles. The minimum atomic E-state index is -0.429. The molecule has 0 aromatic rings. The fraction of sp³-hybridized carbons (Fsp3) is 0.909. The second kappa shape index (κ2) is 5.47. The van der Waals surface area contributed by atoms with Crippen molar-refractivity contribution in [3.8, 4) is 0 Å². The highest BCUT2D eigenvalue weighted by Crippen LogP contribution is 2.23. The number of carbonyl (C=O) groups is 1. The minimum absolute atomic E-state index is 0.0125. The number of amides is 1. The summed E-state index contributed by atoms with van der Waals surface area (Å²) in [6.07, 6.45) is 2.29. The van der Waals surface area contributed by atoms with Gasteiger partial charge in [0.2, 0.25) is 0 Å². The molecule has 0 aliphatic carbocycles. The summed E-state index contributed by atoms with van der Waals surface area (Å²) in [7, 11) is 3.47. The fourth-order valence-electron chi connectivity index (χ4n) is 1.64. The van der Waals surface area contributed by atoms with Gasteiger partial charge in [-0.2, -0.15) is 0 Å². The van der Waals surface area contributed by atoms with Crippen molar-refractivity contribution >= 4 is 5.91 Å². The molecular weight excluding hydrogens is 194 g/mol. The molecular formula is C11H21NO3. The second-order valence-electron chi connectivity index (χ2n) is 4.20. The van der Waals surface area contributed by atoms with Gasteiger partial charge in [0.05, 0.1) is 6.10 Å². The molecule has 1 aliphatic rings. The smallest absolute Gasteiger partial charge is 0.254 e. The van der Waals surface area contributed by atoms with Gasteiger partial charge in [-0.1, -0.05) is 13.3 Å². The zero-order valence-electron chi connectivity index (χ0n) is 10.0. The zero-order chi connectivity index (χ0) is 11.4. The molecule has 4 heteroatoms. The van der Waals surface area contributed by atoms with E-state index in [4.69, 9.17) is 9.47 Å². The second-order valence-corrected chi connectivity index (χ2v) is 4.20. The Kier molecular flexibility index (Phi) is 4.54. The van der Waals surface area contributed by atoms with Crippen molar-refractivity contribution in [2.45, 2.75) is 51.6 Å². The number of likely N-dealkylation sites (N-methyl/N-ethyl adjacent to an activating group) is 1. The summed E-state index contributed by atoms with van der Waals surface area (Å²) in [6.45, 7) is 4.01. The summed E-state index contributed by atoms with van der Waals surface area (Å²) in [5.41, 5.74) is 0. The molecule has 0 spiro atoms. The third-order valence-corrected chi connectivity index (χ3v) is 2.57. The van der Waals surface area contributed by atoms with Crippen LogP contribution in [-0.4, -0.2) is 43.4 Å². The summed E-state index contributed by atoms with van der Waals surface area (Å²) in [5, 5.41) is 0. The minimum Gasteiger partial charge on any atom is -0.346 e. The molecule has 15 heavy (non-hydrogen) atoms. The summed E-state index contributed by atoms with van der Waals surface area (Å²) < 4.78 is 11.2. The first-order valence-corrected chi connectivity index (χ1v) is 5.58. The molecule has 3 atom stereocenters. The molecule has 0 aromatic carbocycles. The van der Waals surface area contributed by atoms with Crippen molar-refractivity contribution in [3.05, 3.63) is 0 Å². The third kappa shape index (κ3) is 3.18. The molecule has 1 unspecified atom stereocenters. The van der Waals surface area contributed by atoms with Gasteiger partial charge in [-0.25, -0.2) is 0 Å².